The summed E-state index contributed by atoms with van der Waals surface area (Å²) < 4.78 is 0. The minimum Gasteiger partial charge on any atom is -0.358 e. The molecule has 5 aromatic rings. The molecule has 1 amide bonds. The number of pyridine rings is 2. The number of amides is 1. The van der Waals surface area contributed by atoms with E-state index in [0.717, 1.165) is 91.2 Å². The molecule has 0 bridgehead atoms. The highest BCUT2D eigenvalue weighted by atomic mass is 16.1. The van der Waals surface area contributed by atoms with Crippen molar-refractivity contribution in [2.45, 2.75) is 44.9 Å². The van der Waals surface area contributed by atoms with Gasteiger partial charge in [0.05, 0.1) is 11.3 Å². The lowest BCUT2D eigenvalue weighted by Gasteiger charge is -2.22. The van der Waals surface area contributed by atoms with Crippen molar-refractivity contribution in [3.63, 3.8) is 0 Å². The number of hydrogen-bond donors (Lipinski definition) is 2. The Morgan fingerprint density at radius 3 is 2.02 bits per heavy atom. The molecule has 0 radical (unpaired) electrons. The monoisotopic (exact) mass is 583 g/mol. The van der Waals surface area contributed by atoms with Gasteiger partial charge in [0.25, 0.3) is 5.91 Å². The number of fused-ring (bicyclic) bond motifs is 1. The Hall–Kier alpha value is -4.55. The van der Waals surface area contributed by atoms with Crippen LogP contribution in [0.25, 0.3) is 22.5 Å². The van der Waals surface area contributed by atoms with Crippen molar-refractivity contribution < 1.29 is 4.79 Å². The third-order valence-corrected chi connectivity index (χ3v) is 8.47. The Kier molecular flexibility index (Phi) is 9.90. The fraction of sp³-hybridized carbons (Fsp3) is 0.289. The quantitative estimate of drug-likeness (QED) is 0.149. The first-order valence-electron chi connectivity index (χ1n) is 15.9. The maximum absolute atomic E-state index is 12.2. The number of carbonyl (C=O) groups is 1. The number of nitrogens with zero attached hydrogens (tertiary/aromatic N) is 3. The van der Waals surface area contributed by atoms with Gasteiger partial charge in [-0.25, -0.2) is 0 Å². The van der Waals surface area contributed by atoms with Gasteiger partial charge in [-0.1, -0.05) is 60.7 Å². The van der Waals surface area contributed by atoms with Crippen molar-refractivity contribution in [3.05, 3.63) is 131 Å². The van der Waals surface area contributed by atoms with Crippen LogP contribution < -0.4 is 5.32 Å². The summed E-state index contributed by atoms with van der Waals surface area (Å²) in [5, 5.41) is 2.91. The summed E-state index contributed by atoms with van der Waals surface area (Å²) in [6.07, 6.45) is 11.2. The zero-order valence-electron chi connectivity index (χ0n) is 25.3. The SMILES string of the molecule is O=C1NCCc2[nH]c(-c3ccnc(-c4ccc(CCCN(CCCc5ccccc5)CCCc5ccccc5)nc4)c3)cc21. The second-order valence-corrected chi connectivity index (χ2v) is 11.7. The van der Waals surface area contributed by atoms with Crippen molar-refractivity contribution in [2.24, 2.45) is 0 Å². The van der Waals surface area contributed by atoms with E-state index in [4.69, 9.17) is 4.98 Å². The number of aromatic nitrogens is 3. The highest BCUT2D eigenvalue weighted by molar-refractivity contribution is 5.97. The van der Waals surface area contributed by atoms with Crippen molar-refractivity contribution in [1.29, 1.82) is 0 Å². The van der Waals surface area contributed by atoms with E-state index in [1.807, 2.05) is 24.5 Å². The second kappa shape index (κ2) is 14.8. The van der Waals surface area contributed by atoms with Crippen molar-refractivity contribution >= 4 is 5.91 Å². The van der Waals surface area contributed by atoms with Gasteiger partial charge in [-0.15, -0.1) is 0 Å². The minimum atomic E-state index is -0.00897. The summed E-state index contributed by atoms with van der Waals surface area (Å²) in [4.78, 5) is 27.7. The largest absolute Gasteiger partial charge is 0.358 e. The molecule has 6 heteroatoms. The third kappa shape index (κ3) is 7.88. The lowest BCUT2D eigenvalue weighted by atomic mass is 10.1. The van der Waals surface area contributed by atoms with Gasteiger partial charge in [-0.2, -0.15) is 0 Å². The molecule has 224 valence electrons. The Balaban J connectivity index is 1.03. The van der Waals surface area contributed by atoms with Gasteiger partial charge in [-0.05, 0) is 99.6 Å². The van der Waals surface area contributed by atoms with Crippen LogP contribution in [-0.2, 0) is 25.7 Å². The highest BCUT2D eigenvalue weighted by Crippen LogP contribution is 2.27. The van der Waals surface area contributed by atoms with Crippen molar-refractivity contribution in [1.82, 2.24) is 25.2 Å². The Bertz CT molecular complexity index is 1580. The van der Waals surface area contributed by atoms with Gasteiger partial charge >= 0.3 is 0 Å². The molecule has 6 rings (SSSR count). The number of rotatable bonds is 14. The van der Waals surface area contributed by atoms with Gasteiger partial charge in [0.2, 0.25) is 0 Å². The van der Waals surface area contributed by atoms with Crippen LogP contribution in [0.4, 0.5) is 0 Å². The Morgan fingerprint density at radius 2 is 1.39 bits per heavy atom. The van der Waals surface area contributed by atoms with Crippen molar-refractivity contribution in [3.8, 4) is 22.5 Å². The van der Waals surface area contributed by atoms with E-state index in [1.54, 1.807) is 0 Å². The topological polar surface area (TPSA) is 73.9 Å². The molecule has 2 aromatic carbocycles. The van der Waals surface area contributed by atoms with Crippen LogP contribution in [0.1, 0.15) is 52.1 Å². The maximum Gasteiger partial charge on any atom is 0.253 e. The van der Waals surface area contributed by atoms with Crippen LogP contribution in [-0.4, -0.2) is 51.9 Å². The number of nitrogens with one attached hydrogen (secondary N) is 2. The number of benzene rings is 2. The zero-order chi connectivity index (χ0) is 30.0. The molecule has 44 heavy (non-hydrogen) atoms. The first-order chi connectivity index (χ1) is 21.7. The van der Waals surface area contributed by atoms with Crippen LogP contribution in [0, 0.1) is 0 Å². The van der Waals surface area contributed by atoms with Crippen LogP contribution >= 0.6 is 0 Å². The fourth-order valence-electron chi connectivity index (χ4n) is 6.05. The lowest BCUT2D eigenvalue weighted by molar-refractivity contribution is 0.0946. The van der Waals surface area contributed by atoms with Gasteiger partial charge in [0.1, 0.15) is 0 Å². The average molecular weight is 584 g/mol. The molecule has 0 atom stereocenters. The van der Waals surface area contributed by atoms with Crippen LogP contribution in [0.15, 0.2) is 103 Å². The molecule has 1 aliphatic heterocycles. The average Bonchev–Trinajstić information content (AvgIpc) is 3.52. The van der Waals surface area contributed by atoms with Crippen molar-refractivity contribution in [2.75, 3.05) is 26.2 Å². The third-order valence-electron chi connectivity index (χ3n) is 8.47. The zero-order valence-corrected chi connectivity index (χ0v) is 25.3. The molecule has 6 nitrogen and oxygen atoms in total. The van der Waals surface area contributed by atoms with E-state index in [1.165, 1.54) is 24.0 Å². The molecule has 1 aliphatic rings. The molecular weight excluding hydrogens is 542 g/mol. The van der Waals surface area contributed by atoms with Crippen LogP contribution in [0.5, 0.6) is 0 Å². The molecule has 0 unspecified atom stereocenters. The van der Waals surface area contributed by atoms with E-state index in [2.05, 4.69) is 99.0 Å². The Morgan fingerprint density at radius 1 is 0.705 bits per heavy atom. The number of aromatic amines is 1. The van der Waals surface area contributed by atoms with Gasteiger partial charge in [0, 0.05) is 53.6 Å². The maximum atomic E-state index is 12.2. The first-order valence-corrected chi connectivity index (χ1v) is 15.9. The van der Waals surface area contributed by atoms with E-state index < -0.39 is 0 Å². The molecule has 0 saturated carbocycles. The summed E-state index contributed by atoms with van der Waals surface area (Å²) in [6.45, 7) is 3.99. The van der Waals surface area contributed by atoms with E-state index in [-0.39, 0.29) is 5.91 Å². The molecular formula is C38H41N5O. The lowest BCUT2D eigenvalue weighted by Crippen LogP contribution is -2.31. The molecule has 0 spiro atoms. The van der Waals surface area contributed by atoms with Gasteiger partial charge in [-0.3, -0.25) is 14.8 Å². The normalized spacial score (nSPS) is 12.7. The summed E-state index contributed by atoms with van der Waals surface area (Å²) >= 11 is 0. The predicted octanol–water partition coefficient (Wildman–Crippen LogP) is 6.92. The van der Waals surface area contributed by atoms with E-state index in [9.17, 15) is 4.79 Å². The summed E-state index contributed by atoms with van der Waals surface area (Å²) in [7, 11) is 0. The van der Waals surface area contributed by atoms with Crippen LogP contribution in [0.3, 0.4) is 0 Å². The first kappa shape index (κ1) is 29.5. The predicted molar refractivity (Wildman–Crippen MR) is 178 cm³/mol. The van der Waals surface area contributed by atoms with Gasteiger partial charge in [0.15, 0.2) is 0 Å². The molecule has 2 N–H and O–H groups in total. The van der Waals surface area contributed by atoms with E-state index >= 15 is 0 Å². The standard InChI is InChI=1S/C38H41N5O/c44-38-34-27-37(42-35(34)20-22-40-38)31-19-21-39-36(26-31)32-17-18-33(41-28-32)16-9-25-43(23-7-14-29-10-3-1-4-11-29)24-8-15-30-12-5-2-6-13-30/h1-6,10-13,17-19,21,26-28,42H,7-9,14-16,20,22-25H2,(H,40,44). The number of aryl methyl sites for hydroxylation is 3. The Labute approximate surface area is 260 Å². The van der Waals surface area contributed by atoms with Gasteiger partial charge < -0.3 is 15.2 Å². The fourth-order valence-corrected chi connectivity index (χ4v) is 6.05. The summed E-state index contributed by atoms with van der Waals surface area (Å²) in [6, 6.07) is 31.9. The number of carbonyl (C=O) groups excluding carboxylic acids is 1. The molecule has 4 heterocycles. The highest BCUT2D eigenvalue weighted by Gasteiger charge is 2.20. The minimum absolute atomic E-state index is 0.00897. The molecule has 0 fully saturated rings. The second-order valence-electron chi connectivity index (χ2n) is 11.7. The molecule has 0 aliphatic carbocycles. The summed E-state index contributed by atoms with van der Waals surface area (Å²) in [5.41, 5.74) is 9.51. The molecule has 0 saturated heterocycles. The van der Waals surface area contributed by atoms with Crippen LogP contribution in [0.2, 0.25) is 0 Å². The van der Waals surface area contributed by atoms with E-state index in [0.29, 0.717) is 6.54 Å². The smallest absolute Gasteiger partial charge is 0.253 e. The molecule has 3 aromatic heterocycles. The number of hydrogen-bond acceptors (Lipinski definition) is 4. The summed E-state index contributed by atoms with van der Waals surface area (Å²) in [5.74, 6) is -0.00897. The number of H-pyrrole nitrogens is 1.